The smallest absolute Gasteiger partial charge is 0.264 e. The van der Waals surface area contributed by atoms with E-state index in [4.69, 9.17) is 0 Å². The van der Waals surface area contributed by atoms with Crippen molar-refractivity contribution in [2.75, 3.05) is 11.4 Å². The Morgan fingerprint density at radius 2 is 1.72 bits per heavy atom. The van der Waals surface area contributed by atoms with Crippen LogP contribution in [0.15, 0.2) is 28.7 Å². The van der Waals surface area contributed by atoms with Gasteiger partial charge in [-0.1, -0.05) is 35.3 Å². The molecule has 5 heteroatoms. The Kier molecular flexibility index (Phi) is 6.02. The van der Waals surface area contributed by atoms with Gasteiger partial charge in [-0.3, -0.25) is 9.59 Å². The Morgan fingerprint density at radius 1 is 1.10 bits per heavy atom. The number of Topliss-reactive ketones (excluding diaryl/α,β-unsaturated/α-hetero) is 1. The molecule has 2 aromatic rings. The molecule has 4 nitrogen and oxygen atoms in total. The lowest BCUT2D eigenvalue weighted by molar-refractivity contribution is -0.135. The fraction of sp³-hybridized carbons (Fsp3) is 0.417. The third kappa shape index (κ3) is 3.66. The number of carbonyl (C=O) groups is 2. The van der Waals surface area contributed by atoms with Crippen molar-refractivity contribution >= 4 is 33.3 Å². The number of nitrogens with zero attached hydrogens (tertiary/aromatic N) is 1. The largest absolute Gasteiger partial charge is 0.375 e. The number of aliphatic hydroxyl groups is 1. The number of benzene rings is 2. The van der Waals surface area contributed by atoms with Gasteiger partial charge in [0.1, 0.15) is 0 Å². The normalized spacial score (nSPS) is 18.3. The van der Waals surface area contributed by atoms with Gasteiger partial charge in [0, 0.05) is 22.1 Å². The number of halogens is 1. The lowest BCUT2D eigenvalue weighted by Gasteiger charge is -2.24. The molecule has 1 amide bonds. The number of aryl methyl sites for hydroxylation is 2. The third-order valence-electron chi connectivity index (χ3n) is 6.09. The molecular formula is C24H28BrNO3. The van der Waals surface area contributed by atoms with E-state index < -0.39 is 11.5 Å². The maximum absolute atomic E-state index is 13.4. The maximum Gasteiger partial charge on any atom is 0.264 e. The predicted octanol–water partition coefficient (Wildman–Crippen LogP) is 5.29. The molecular weight excluding hydrogens is 430 g/mol. The van der Waals surface area contributed by atoms with Crippen LogP contribution in [0.25, 0.3) is 0 Å². The SMILES string of the molecule is CCCCN1C(=O)C(O)(CC(=O)c2c(C)c(C)cc(C)c2C)c2cc(Br)ccc21. The first kappa shape index (κ1) is 21.7. The second-order valence-corrected chi connectivity index (χ2v) is 8.98. The molecule has 0 spiro atoms. The Bertz CT molecular complexity index is 972. The molecule has 29 heavy (non-hydrogen) atoms. The van der Waals surface area contributed by atoms with E-state index >= 15 is 0 Å². The molecule has 1 aliphatic heterocycles. The fourth-order valence-corrected chi connectivity index (χ4v) is 4.55. The Hall–Kier alpha value is -1.98. The van der Waals surface area contributed by atoms with Crippen LogP contribution in [0.2, 0.25) is 0 Å². The third-order valence-corrected chi connectivity index (χ3v) is 6.58. The molecule has 0 aromatic heterocycles. The zero-order valence-corrected chi connectivity index (χ0v) is 19.3. The second-order valence-electron chi connectivity index (χ2n) is 8.07. The number of anilines is 1. The Balaban J connectivity index is 2.06. The summed E-state index contributed by atoms with van der Waals surface area (Å²) in [4.78, 5) is 28.3. The number of amides is 1. The highest BCUT2D eigenvalue weighted by molar-refractivity contribution is 9.10. The van der Waals surface area contributed by atoms with Crippen LogP contribution in [0.3, 0.4) is 0 Å². The highest BCUT2D eigenvalue weighted by Gasteiger charge is 2.51. The molecule has 0 saturated carbocycles. The zero-order chi connectivity index (χ0) is 21.5. The van der Waals surface area contributed by atoms with Gasteiger partial charge in [-0.25, -0.2) is 0 Å². The van der Waals surface area contributed by atoms with Crippen molar-refractivity contribution in [3.63, 3.8) is 0 Å². The number of carbonyl (C=O) groups excluding carboxylic acids is 2. The summed E-state index contributed by atoms with van der Waals surface area (Å²) in [5.41, 5.74) is 3.85. The molecule has 0 radical (unpaired) electrons. The topological polar surface area (TPSA) is 57.6 Å². The van der Waals surface area contributed by atoms with E-state index in [1.807, 2.05) is 39.8 Å². The van der Waals surface area contributed by atoms with Gasteiger partial charge >= 0.3 is 0 Å². The summed E-state index contributed by atoms with van der Waals surface area (Å²) in [7, 11) is 0. The van der Waals surface area contributed by atoms with E-state index in [1.165, 1.54) is 0 Å². The van der Waals surface area contributed by atoms with E-state index in [9.17, 15) is 14.7 Å². The monoisotopic (exact) mass is 457 g/mol. The van der Waals surface area contributed by atoms with Gasteiger partial charge in [0.25, 0.3) is 5.91 Å². The number of hydrogen-bond acceptors (Lipinski definition) is 3. The minimum Gasteiger partial charge on any atom is -0.375 e. The first-order valence-electron chi connectivity index (χ1n) is 10.1. The average Bonchev–Trinajstić information content (AvgIpc) is 2.86. The molecule has 3 rings (SSSR count). The second kappa shape index (κ2) is 8.04. The number of unbranched alkanes of at least 4 members (excludes halogenated alkanes) is 1. The molecule has 2 aromatic carbocycles. The van der Waals surface area contributed by atoms with E-state index in [0.29, 0.717) is 23.4 Å². The quantitative estimate of drug-likeness (QED) is 0.599. The van der Waals surface area contributed by atoms with Crippen molar-refractivity contribution in [1.82, 2.24) is 0 Å². The number of rotatable bonds is 6. The molecule has 0 aliphatic carbocycles. The summed E-state index contributed by atoms with van der Waals surface area (Å²) in [5, 5.41) is 11.5. The van der Waals surface area contributed by atoms with Gasteiger partial charge in [-0.05, 0) is 74.6 Å². The van der Waals surface area contributed by atoms with Crippen LogP contribution >= 0.6 is 15.9 Å². The Labute approximate surface area is 181 Å². The first-order chi connectivity index (χ1) is 13.6. The minimum atomic E-state index is -1.85. The van der Waals surface area contributed by atoms with Crippen LogP contribution in [0.4, 0.5) is 5.69 Å². The molecule has 1 atom stereocenters. The van der Waals surface area contributed by atoms with Gasteiger partial charge < -0.3 is 10.0 Å². The summed E-state index contributed by atoms with van der Waals surface area (Å²) in [6.45, 7) is 10.4. The summed E-state index contributed by atoms with van der Waals surface area (Å²) in [6, 6.07) is 7.52. The number of ketones is 1. The van der Waals surface area contributed by atoms with E-state index in [0.717, 1.165) is 39.6 Å². The summed E-state index contributed by atoms with van der Waals surface area (Å²) in [5.74, 6) is -0.613. The highest BCUT2D eigenvalue weighted by atomic mass is 79.9. The van der Waals surface area contributed by atoms with Crippen molar-refractivity contribution in [3.05, 3.63) is 62.1 Å². The van der Waals surface area contributed by atoms with Crippen LogP contribution in [0.1, 0.15) is 64.4 Å². The average molecular weight is 458 g/mol. The lowest BCUT2D eigenvalue weighted by atomic mass is 9.84. The number of fused-ring (bicyclic) bond motifs is 1. The molecule has 0 fully saturated rings. The first-order valence-corrected chi connectivity index (χ1v) is 10.9. The molecule has 1 unspecified atom stereocenters. The van der Waals surface area contributed by atoms with Gasteiger partial charge in [0.05, 0.1) is 12.1 Å². The van der Waals surface area contributed by atoms with Crippen molar-refractivity contribution in [1.29, 1.82) is 0 Å². The van der Waals surface area contributed by atoms with Crippen molar-refractivity contribution in [2.45, 2.75) is 59.5 Å². The van der Waals surface area contributed by atoms with Crippen molar-refractivity contribution in [3.8, 4) is 0 Å². The number of hydrogen-bond donors (Lipinski definition) is 1. The van der Waals surface area contributed by atoms with E-state index in [-0.39, 0.29) is 12.2 Å². The molecule has 0 bridgehead atoms. The van der Waals surface area contributed by atoms with E-state index in [2.05, 4.69) is 28.9 Å². The lowest BCUT2D eigenvalue weighted by Crippen LogP contribution is -2.42. The van der Waals surface area contributed by atoms with Gasteiger partial charge in [0.2, 0.25) is 0 Å². The molecule has 1 aliphatic rings. The molecule has 1 N–H and O–H groups in total. The maximum atomic E-state index is 13.4. The molecule has 0 saturated heterocycles. The highest BCUT2D eigenvalue weighted by Crippen LogP contribution is 2.44. The van der Waals surface area contributed by atoms with Crippen LogP contribution in [0.5, 0.6) is 0 Å². The predicted molar refractivity (Wildman–Crippen MR) is 120 cm³/mol. The van der Waals surface area contributed by atoms with Gasteiger partial charge in [-0.2, -0.15) is 0 Å². The van der Waals surface area contributed by atoms with Crippen molar-refractivity contribution in [2.24, 2.45) is 0 Å². The van der Waals surface area contributed by atoms with E-state index in [1.54, 1.807) is 11.0 Å². The van der Waals surface area contributed by atoms with Crippen LogP contribution in [-0.4, -0.2) is 23.3 Å². The van der Waals surface area contributed by atoms with Crippen LogP contribution < -0.4 is 4.90 Å². The molecule has 154 valence electrons. The zero-order valence-electron chi connectivity index (χ0n) is 17.7. The summed E-state index contributed by atoms with van der Waals surface area (Å²) >= 11 is 3.44. The minimum absolute atomic E-state index is 0.203. The van der Waals surface area contributed by atoms with Crippen LogP contribution in [-0.2, 0) is 10.4 Å². The van der Waals surface area contributed by atoms with Gasteiger partial charge in [-0.15, -0.1) is 0 Å². The fourth-order valence-electron chi connectivity index (χ4n) is 4.19. The molecule has 1 heterocycles. The van der Waals surface area contributed by atoms with Crippen molar-refractivity contribution < 1.29 is 14.7 Å². The van der Waals surface area contributed by atoms with Crippen LogP contribution in [0, 0.1) is 27.7 Å². The summed E-state index contributed by atoms with van der Waals surface area (Å²) in [6.07, 6.45) is 1.51. The Morgan fingerprint density at radius 3 is 2.31 bits per heavy atom. The standard InChI is InChI=1S/C24H28BrNO3/c1-6-7-10-26-20-9-8-18(25)12-19(20)24(29,23(26)28)13-21(27)22-16(4)14(2)11-15(3)17(22)5/h8-9,11-12,29H,6-7,10,13H2,1-5H3. The summed E-state index contributed by atoms with van der Waals surface area (Å²) < 4.78 is 0.769. The van der Waals surface area contributed by atoms with Gasteiger partial charge in [0.15, 0.2) is 11.4 Å².